The van der Waals surface area contributed by atoms with Crippen LogP contribution in [0.25, 0.3) is 16.7 Å². The molecule has 40 heavy (non-hydrogen) atoms. The summed E-state index contributed by atoms with van der Waals surface area (Å²) in [6.45, 7) is 2.00. The number of aromatic nitrogens is 6. The molecule has 5 aromatic rings. The van der Waals surface area contributed by atoms with Crippen LogP contribution in [0, 0.1) is 6.92 Å². The lowest BCUT2D eigenvalue weighted by atomic mass is 10.2. The maximum atomic E-state index is 13.4. The number of benzene rings is 2. The first kappa shape index (κ1) is 25.7. The molecule has 0 spiro atoms. The highest BCUT2D eigenvalue weighted by Gasteiger charge is 2.29. The van der Waals surface area contributed by atoms with Crippen LogP contribution in [0.1, 0.15) is 18.0 Å². The van der Waals surface area contributed by atoms with E-state index in [9.17, 15) is 18.0 Å². The van der Waals surface area contributed by atoms with Crippen LogP contribution in [0.2, 0.25) is 0 Å². The number of nitrogens with zero attached hydrogens (tertiary/aromatic N) is 6. The highest BCUT2D eigenvalue weighted by molar-refractivity contribution is 7.99. The molecule has 1 unspecified atom stereocenters. The van der Waals surface area contributed by atoms with E-state index in [0.29, 0.717) is 27.6 Å². The minimum absolute atomic E-state index is 0.00750. The van der Waals surface area contributed by atoms with E-state index in [2.05, 4.69) is 25.1 Å². The zero-order valence-corrected chi connectivity index (χ0v) is 22.7. The number of carbonyl (C=O) groups is 1. The Hall–Kier alpha value is -4.56. The van der Waals surface area contributed by atoms with Gasteiger partial charge < -0.3 is 5.32 Å². The van der Waals surface area contributed by atoms with E-state index in [1.54, 1.807) is 15.3 Å². The third kappa shape index (κ3) is 4.94. The summed E-state index contributed by atoms with van der Waals surface area (Å²) in [5.74, 6) is 0.163. The molecule has 2 N–H and O–H groups in total. The molecule has 202 valence electrons. The van der Waals surface area contributed by atoms with Crippen LogP contribution in [-0.4, -0.2) is 49.4 Å². The van der Waals surface area contributed by atoms with Gasteiger partial charge in [0.1, 0.15) is 5.39 Å². The smallest absolute Gasteiger partial charge is 0.265 e. The maximum Gasteiger partial charge on any atom is 0.265 e. The summed E-state index contributed by atoms with van der Waals surface area (Å²) in [5, 5.41) is 8.07. The first-order valence-corrected chi connectivity index (χ1v) is 14.7. The summed E-state index contributed by atoms with van der Waals surface area (Å²) in [4.78, 5) is 38.7. The minimum atomic E-state index is -3.89. The third-order valence-electron chi connectivity index (χ3n) is 6.31. The molecule has 0 aliphatic carbocycles. The lowest BCUT2D eigenvalue weighted by Gasteiger charge is -2.14. The van der Waals surface area contributed by atoms with Gasteiger partial charge in [-0.15, -0.1) is 0 Å². The molecule has 1 aliphatic rings. The number of rotatable bonds is 7. The van der Waals surface area contributed by atoms with Crippen LogP contribution in [0.4, 0.5) is 11.6 Å². The van der Waals surface area contributed by atoms with Gasteiger partial charge in [0, 0.05) is 30.3 Å². The van der Waals surface area contributed by atoms with Crippen molar-refractivity contribution in [2.24, 2.45) is 0 Å². The zero-order chi connectivity index (χ0) is 27.9. The van der Waals surface area contributed by atoms with Gasteiger partial charge in [-0.2, -0.15) is 5.10 Å². The van der Waals surface area contributed by atoms with Crippen molar-refractivity contribution in [3.63, 3.8) is 0 Å². The van der Waals surface area contributed by atoms with Crippen LogP contribution in [-0.2, 0) is 14.8 Å². The van der Waals surface area contributed by atoms with Crippen molar-refractivity contribution in [2.75, 3.05) is 15.8 Å². The molecule has 1 amide bonds. The first-order valence-electron chi connectivity index (χ1n) is 12.2. The van der Waals surface area contributed by atoms with Crippen molar-refractivity contribution in [3.8, 4) is 5.69 Å². The van der Waals surface area contributed by atoms with Crippen molar-refractivity contribution in [2.45, 2.75) is 29.4 Å². The van der Waals surface area contributed by atoms with Gasteiger partial charge in [-0.3, -0.25) is 14.2 Å². The van der Waals surface area contributed by atoms with Crippen LogP contribution in [0.3, 0.4) is 0 Å². The lowest BCUT2D eigenvalue weighted by molar-refractivity contribution is -0.116. The molecule has 12 nitrogen and oxygen atoms in total. The summed E-state index contributed by atoms with van der Waals surface area (Å²) in [7, 11) is -3.89. The number of fused-ring (bicyclic) bond motifs is 2. The van der Waals surface area contributed by atoms with Gasteiger partial charge in [0.25, 0.3) is 15.6 Å². The Kier molecular flexibility index (Phi) is 6.56. The monoisotopic (exact) mass is 574 g/mol. The van der Waals surface area contributed by atoms with E-state index in [4.69, 9.17) is 4.98 Å². The summed E-state index contributed by atoms with van der Waals surface area (Å²) in [6, 6.07) is 14.7. The van der Waals surface area contributed by atoms with Gasteiger partial charge in [-0.05, 0) is 49.4 Å². The molecule has 0 fully saturated rings. The number of sulfonamides is 1. The molecule has 14 heteroatoms. The van der Waals surface area contributed by atoms with Crippen molar-refractivity contribution >= 4 is 50.4 Å². The van der Waals surface area contributed by atoms with E-state index in [1.807, 2.05) is 31.2 Å². The van der Waals surface area contributed by atoms with Crippen LogP contribution >= 0.6 is 11.8 Å². The molecular weight excluding hydrogens is 552 g/mol. The molecule has 1 aliphatic heterocycles. The molecule has 6 rings (SSSR count). The number of nitrogens with one attached hydrogen (secondary N) is 2. The Morgan fingerprint density at radius 2 is 1.80 bits per heavy atom. The fraction of sp³-hybridized carbons (Fsp3) is 0.154. The number of hydrogen-bond donors (Lipinski definition) is 2. The van der Waals surface area contributed by atoms with E-state index >= 15 is 0 Å². The fourth-order valence-electron chi connectivity index (χ4n) is 4.33. The number of amides is 1. The molecule has 2 aromatic carbocycles. The number of carbonyl (C=O) groups excluding carboxylic acids is 1. The molecular formula is C26H22N8O4S2. The van der Waals surface area contributed by atoms with Crippen molar-refractivity contribution in [3.05, 3.63) is 89.1 Å². The van der Waals surface area contributed by atoms with Crippen LogP contribution < -0.4 is 15.6 Å². The van der Waals surface area contributed by atoms with Gasteiger partial charge in [-0.1, -0.05) is 29.5 Å². The molecule has 0 saturated carbocycles. The van der Waals surface area contributed by atoms with Gasteiger partial charge in [0.2, 0.25) is 11.9 Å². The Morgan fingerprint density at radius 3 is 2.52 bits per heavy atom. The maximum absolute atomic E-state index is 13.4. The topological polar surface area (TPSA) is 154 Å². The van der Waals surface area contributed by atoms with E-state index in [1.165, 1.54) is 54.6 Å². The second kappa shape index (κ2) is 10.2. The number of aryl methyl sites for hydroxylation is 1. The molecule has 3 aromatic heterocycles. The second-order valence-corrected chi connectivity index (χ2v) is 11.8. The quantitative estimate of drug-likeness (QED) is 0.279. The van der Waals surface area contributed by atoms with Gasteiger partial charge in [-0.25, -0.2) is 32.8 Å². The largest absolute Gasteiger partial charge is 0.326 e. The fourth-order valence-corrected chi connectivity index (χ4v) is 6.42. The Labute approximate surface area is 232 Å². The first-order chi connectivity index (χ1) is 19.3. The van der Waals surface area contributed by atoms with Crippen molar-refractivity contribution in [1.82, 2.24) is 29.3 Å². The second-order valence-electron chi connectivity index (χ2n) is 9.12. The summed E-state index contributed by atoms with van der Waals surface area (Å²) in [6.07, 6.45) is 4.41. The number of thioether (sulfide) groups is 1. The molecule has 0 radical (unpaired) electrons. The summed E-state index contributed by atoms with van der Waals surface area (Å²) >= 11 is 1.42. The third-order valence-corrected chi connectivity index (χ3v) is 8.75. The van der Waals surface area contributed by atoms with Gasteiger partial charge >= 0.3 is 0 Å². The predicted molar refractivity (Wildman–Crippen MR) is 150 cm³/mol. The van der Waals surface area contributed by atoms with Crippen LogP contribution in [0.5, 0.6) is 0 Å². The van der Waals surface area contributed by atoms with E-state index in [0.717, 1.165) is 11.3 Å². The minimum Gasteiger partial charge on any atom is -0.326 e. The van der Waals surface area contributed by atoms with Gasteiger partial charge in [0.15, 0.2) is 10.8 Å². The van der Waals surface area contributed by atoms with E-state index < -0.39 is 10.0 Å². The highest BCUT2D eigenvalue weighted by atomic mass is 32.2. The molecule has 0 saturated heterocycles. The molecule has 1 atom stereocenters. The molecule has 4 heterocycles. The number of anilines is 2. The van der Waals surface area contributed by atoms with Crippen molar-refractivity contribution < 1.29 is 13.2 Å². The summed E-state index contributed by atoms with van der Waals surface area (Å²) in [5.41, 5.74) is 2.57. The SMILES string of the molecule is Cc1ccc(-n2ncc3c(=O)n4c(nc32)SCC4CC(=O)Nc2ccc(S(=O)(=O)Nc3ncccn3)cc2)cc1. The lowest BCUT2D eigenvalue weighted by Crippen LogP contribution is -2.27. The Morgan fingerprint density at radius 1 is 1.07 bits per heavy atom. The number of hydrogen-bond acceptors (Lipinski definition) is 9. The average molecular weight is 575 g/mol. The zero-order valence-electron chi connectivity index (χ0n) is 21.1. The normalized spacial score (nSPS) is 14.7. The Balaban J connectivity index is 1.16. The van der Waals surface area contributed by atoms with E-state index in [-0.39, 0.29) is 34.8 Å². The summed E-state index contributed by atoms with van der Waals surface area (Å²) < 4.78 is 30.7. The Bertz CT molecular complexity index is 1890. The van der Waals surface area contributed by atoms with Crippen LogP contribution in [0.15, 0.2) is 88.0 Å². The van der Waals surface area contributed by atoms with Crippen molar-refractivity contribution in [1.29, 1.82) is 0 Å². The standard InChI is InChI=1S/C26H22N8O4S2/c1-16-3-7-18(8-4-16)34-23-21(14-29-34)24(36)33-19(15-39-26(33)31-23)13-22(35)30-17-5-9-20(10-6-17)40(37,38)32-25-27-11-2-12-28-25/h2-12,14,19H,13,15H2,1H3,(H,30,35)(H,27,28,32). The predicted octanol–water partition coefficient (Wildman–Crippen LogP) is 3.16. The molecule has 0 bridgehead atoms. The highest BCUT2D eigenvalue weighted by Crippen LogP contribution is 2.33. The average Bonchev–Trinajstić information content (AvgIpc) is 3.55. The van der Waals surface area contributed by atoms with Gasteiger partial charge in [0.05, 0.1) is 22.8 Å².